The Morgan fingerprint density at radius 3 is 2.71 bits per heavy atom. The first-order chi connectivity index (χ1) is 17.1. The maximum Gasteiger partial charge on any atom is 0.261 e. The molecule has 1 aromatic heterocycles. The predicted molar refractivity (Wildman–Crippen MR) is 131 cm³/mol. The van der Waals surface area contributed by atoms with Crippen molar-refractivity contribution in [1.82, 2.24) is 14.9 Å². The molecular weight excluding hydrogens is 444 g/mol. The zero-order valence-electron chi connectivity index (χ0n) is 18.9. The Hall–Kier alpha value is -4.59. The molecule has 0 radical (unpaired) electrons. The van der Waals surface area contributed by atoms with Gasteiger partial charge in [0.15, 0.2) is 0 Å². The number of hydrogen-bond acceptors (Lipinski definition) is 7. The van der Waals surface area contributed by atoms with Crippen molar-refractivity contribution in [3.8, 4) is 17.2 Å². The quantitative estimate of drug-likeness (QED) is 0.385. The number of ether oxygens (including phenoxy) is 1. The van der Waals surface area contributed by atoms with E-state index in [4.69, 9.17) is 4.74 Å². The average Bonchev–Trinajstić information content (AvgIpc) is 2.88. The lowest BCUT2D eigenvalue weighted by molar-refractivity contribution is 0.0727. The molecule has 2 heterocycles. The van der Waals surface area contributed by atoms with E-state index in [0.717, 1.165) is 28.4 Å². The smallest absolute Gasteiger partial charge is 0.261 e. The van der Waals surface area contributed by atoms with Gasteiger partial charge in [0, 0.05) is 43.3 Å². The number of rotatable bonds is 6. The first kappa shape index (κ1) is 22.2. The number of carbonyl (C=O) groups is 1. The molecule has 0 saturated carbocycles. The summed E-state index contributed by atoms with van der Waals surface area (Å²) in [6, 6.07) is 18.0. The molecule has 0 unspecified atom stereocenters. The maximum atomic E-state index is 13.6. The van der Waals surface area contributed by atoms with E-state index < -0.39 is 0 Å². The van der Waals surface area contributed by atoms with Gasteiger partial charge in [-0.25, -0.2) is 4.98 Å². The fourth-order valence-corrected chi connectivity index (χ4v) is 4.18. The Balaban J connectivity index is 1.41. The second kappa shape index (κ2) is 9.72. The summed E-state index contributed by atoms with van der Waals surface area (Å²) < 4.78 is 5.87. The number of phenolic OH excluding ortho intramolecular Hbond substituents is 2. The molecule has 8 nitrogen and oxygen atoms in total. The SMILES string of the molecule is O=C(c1c(O)cc(O)cc1OCc1ccccc1)N1CCc2cccc(Nc3cnccn3)c2C1. The second-order valence-corrected chi connectivity index (χ2v) is 8.25. The minimum atomic E-state index is -0.370. The van der Waals surface area contributed by atoms with E-state index in [0.29, 0.717) is 25.3 Å². The van der Waals surface area contributed by atoms with Gasteiger partial charge in [-0.1, -0.05) is 42.5 Å². The van der Waals surface area contributed by atoms with E-state index in [1.54, 1.807) is 23.5 Å². The summed E-state index contributed by atoms with van der Waals surface area (Å²) in [5, 5.41) is 23.9. The van der Waals surface area contributed by atoms with Gasteiger partial charge < -0.3 is 25.2 Å². The van der Waals surface area contributed by atoms with Crippen LogP contribution in [0.15, 0.2) is 79.3 Å². The molecule has 0 saturated heterocycles. The van der Waals surface area contributed by atoms with Gasteiger partial charge in [0.05, 0.1) is 6.20 Å². The first-order valence-corrected chi connectivity index (χ1v) is 11.2. The highest BCUT2D eigenvalue weighted by molar-refractivity contribution is 6.00. The highest BCUT2D eigenvalue weighted by atomic mass is 16.5. The highest BCUT2D eigenvalue weighted by Crippen LogP contribution is 2.36. The Bertz CT molecular complexity index is 1350. The minimum Gasteiger partial charge on any atom is -0.508 e. The highest BCUT2D eigenvalue weighted by Gasteiger charge is 2.28. The van der Waals surface area contributed by atoms with Crippen LogP contribution in [-0.2, 0) is 19.6 Å². The van der Waals surface area contributed by atoms with E-state index in [2.05, 4.69) is 15.3 Å². The third-order valence-corrected chi connectivity index (χ3v) is 5.90. The molecule has 3 aromatic carbocycles. The van der Waals surface area contributed by atoms with Gasteiger partial charge in [0.2, 0.25) is 0 Å². The molecule has 0 fully saturated rings. The molecule has 0 atom stereocenters. The average molecular weight is 469 g/mol. The van der Waals surface area contributed by atoms with E-state index in [1.165, 1.54) is 6.07 Å². The standard InChI is InChI=1S/C27H24N4O4/c32-20-13-23(33)26(24(14-20)35-17-18-5-2-1-3-6-18)27(34)31-12-9-19-7-4-8-22(21(19)16-31)30-25-15-28-10-11-29-25/h1-8,10-11,13-15,32-33H,9,12,16-17H2,(H,29,30). The molecule has 0 aliphatic carbocycles. The Labute approximate surface area is 202 Å². The van der Waals surface area contributed by atoms with Crippen LogP contribution < -0.4 is 10.1 Å². The number of aromatic nitrogens is 2. The van der Waals surface area contributed by atoms with Crippen LogP contribution >= 0.6 is 0 Å². The molecule has 0 spiro atoms. The van der Waals surface area contributed by atoms with Crippen molar-refractivity contribution in [2.45, 2.75) is 19.6 Å². The molecule has 8 heteroatoms. The molecule has 4 aromatic rings. The van der Waals surface area contributed by atoms with Gasteiger partial charge in [0.25, 0.3) is 5.91 Å². The number of nitrogens with one attached hydrogen (secondary N) is 1. The number of carbonyl (C=O) groups excluding carboxylic acids is 1. The van der Waals surface area contributed by atoms with E-state index >= 15 is 0 Å². The summed E-state index contributed by atoms with van der Waals surface area (Å²) in [6.45, 7) is 1.02. The third kappa shape index (κ3) is 4.86. The lowest BCUT2D eigenvalue weighted by Gasteiger charge is -2.31. The van der Waals surface area contributed by atoms with Crippen LogP contribution in [0.3, 0.4) is 0 Å². The van der Waals surface area contributed by atoms with Crippen LogP contribution in [-0.4, -0.2) is 37.5 Å². The number of fused-ring (bicyclic) bond motifs is 1. The molecule has 35 heavy (non-hydrogen) atoms. The van der Waals surface area contributed by atoms with Crippen LogP contribution in [0, 0.1) is 0 Å². The Morgan fingerprint density at radius 2 is 1.91 bits per heavy atom. The molecule has 1 aliphatic rings. The third-order valence-electron chi connectivity index (χ3n) is 5.90. The summed E-state index contributed by atoms with van der Waals surface area (Å²) in [4.78, 5) is 23.6. The lowest BCUT2D eigenvalue weighted by Crippen LogP contribution is -2.36. The zero-order chi connectivity index (χ0) is 24.2. The summed E-state index contributed by atoms with van der Waals surface area (Å²) in [5.41, 5.74) is 3.89. The second-order valence-electron chi connectivity index (χ2n) is 8.25. The number of amides is 1. The topological polar surface area (TPSA) is 108 Å². The van der Waals surface area contributed by atoms with E-state index in [1.807, 2.05) is 48.5 Å². The van der Waals surface area contributed by atoms with Crippen molar-refractivity contribution >= 4 is 17.4 Å². The van der Waals surface area contributed by atoms with Gasteiger partial charge in [-0.15, -0.1) is 0 Å². The van der Waals surface area contributed by atoms with Gasteiger partial charge in [0.1, 0.15) is 35.2 Å². The largest absolute Gasteiger partial charge is 0.508 e. The van der Waals surface area contributed by atoms with Gasteiger partial charge >= 0.3 is 0 Å². The molecule has 1 aliphatic heterocycles. The number of aromatic hydroxyl groups is 2. The van der Waals surface area contributed by atoms with Crippen LogP contribution in [0.2, 0.25) is 0 Å². The monoisotopic (exact) mass is 468 g/mol. The summed E-state index contributed by atoms with van der Waals surface area (Å²) in [7, 11) is 0. The number of hydrogen-bond donors (Lipinski definition) is 3. The molecule has 176 valence electrons. The number of benzene rings is 3. The van der Waals surface area contributed by atoms with Gasteiger partial charge in [-0.3, -0.25) is 9.78 Å². The molecular formula is C27H24N4O4. The summed E-state index contributed by atoms with van der Waals surface area (Å²) in [5.74, 6) is -0.132. The normalized spacial score (nSPS) is 12.6. The van der Waals surface area contributed by atoms with Crippen LogP contribution in [0.25, 0.3) is 0 Å². The number of nitrogens with zero attached hydrogens (tertiary/aromatic N) is 3. The van der Waals surface area contributed by atoms with Crippen molar-refractivity contribution in [2.75, 3.05) is 11.9 Å². The van der Waals surface area contributed by atoms with Crippen molar-refractivity contribution in [2.24, 2.45) is 0 Å². The summed E-state index contributed by atoms with van der Waals surface area (Å²) >= 11 is 0. The van der Waals surface area contributed by atoms with Crippen molar-refractivity contribution in [1.29, 1.82) is 0 Å². The minimum absolute atomic E-state index is 0.0292. The predicted octanol–water partition coefficient (Wildman–Crippen LogP) is 4.41. The fraction of sp³-hybridized carbons (Fsp3) is 0.148. The van der Waals surface area contributed by atoms with Crippen molar-refractivity contribution in [3.63, 3.8) is 0 Å². The molecule has 1 amide bonds. The van der Waals surface area contributed by atoms with Crippen molar-refractivity contribution < 1.29 is 19.7 Å². The fourth-order valence-electron chi connectivity index (χ4n) is 4.18. The first-order valence-electron chi connectivity index (χ1n) is 11.2. The van der Waals surface area contributed by atoms with Crippen LogP contribution in [0.4, 0.5) is 11.5 Å². The van der Waals surface area contributed by atoms with Crippen molar-refractivity contribution in [3.05, 3.63) is 102 Å². The molecule has 0 bridgehead atoms. The Morgan fingerprint density at radius 1 is 1.06 bits per heavy atom. The van der Waals surface area contributed by atoms with Crippen LogP contribution in [0.1, 0.15) is 27.0 Å². The zero-order valence-corrected chi connectivity index (χ0v) is 18.9. The summed E-state index contributed by atoms with van der Waals surface area (Å²) in [6.07, 6.45) is 5.51. The van der Waals surface area contributed by atoms with Crippen LogP contribution in [0.5, 0.6) is 17.2 Å². The maximum absolute atomic E-state index is 13.6. The van der Waals surface area contributed by atoms with Gasteiger partial charge in [-0.2, -0.15) is 0 Å². The molecule has 3 N–H and O–H groups in total. The number of anilines is 2. The Kier molecular flexibility index (Phi) is 6.17. The van der Waals surface area contributed by atoms with E-state index in [9.17, 15) is 15.0 Å². The lowest BCUT2D eigenvalue weighted by atomic mass is 9.97. The van der Waals surface area contributed by atoms with E-state index in [-0.39, 0.29) is 35.3 Å². The number of phenols is 2. The molecule has 5 rings (SSSR count). The van der Waals surface area contributed by atoms with Gasteiger partial charge in [-0.05, 0) is 29.2 Å².